The topological polar surface area (TPSA) is 92.5 Å². The highest BCUT2D eigenvalue weighted by atomic mass is 79.9. The van der Waals surface area contributed by atoms with Crippen molar-refractivity contribution in [1.29, 1.82) is 0 Å². The second-order valence-electron chi connectivity index (χ2n) is 4.38. The third-order valence-corrected chi connectivity index (χ3v) is 3.75. The molecule has 0 unspecified atom stereocenters. The van der Waals surface area contributed by atoms with Crippen LogP contribution in [-0.4, -0.2) is 15.9 Å². The van der Waals surface area contributed by atoms with Crippen LogP contribution in [0.15, 0.2) is 40.9 Å². The molecular weight excluding hydrogens is 340 g/mol. The van der Waals surface area contributed by atoms with Gasteiger partial charge < -0.3 is 10.4 Å². The van der Waals surface area contributed by atoms with Crippen LogP contribution in [0, 0.1) is 17.0 Å². The normalized spacial score (nSPS) is 10.2. The number of halogens is 1. The summed E-state index contributed by atoms with van der Waals surface area (Å²) in [6.45, 7) is 1.85. The van der Waals surface area contributed by atoms with Crippen molar-refractivity contribution in [3.63, 3.8) is 0 Å². The highest BCUT2D eigenvalue weighted by Crippen LogP contribution is 2.28. The van der Waals surface area contributed by atoms with Gasteiger partial charge in [-0.1, -0.05) is 15.9 Å². The fourth-order valence-electron chi connectivity index (χ4n) is 1.72. The minimum absolute atomic E-state index is 0.117. The molecule has 0 atom stereocenters. The molecule has 0 heterocycles. The first-order valence-corrected chi connectivity index (χ1v) is 6.72. The lowest BCUT2D eigenvalue weighted by atomic mass is 10.1. The highest BCUT2D eigenvalue weighted by molar-refractivity contribution is 9.10. The van der Waals surface area contributed by atoms with Gasteiger partial charge in [0.2, 0.25) is 0 Å². The third-order valence-electron chi connectivity index (χ3n) is 2.86. The zero-order valence-corrected chi connectivity index (χ0v) is 12.5. The summed E-state index contributed by atoms with van der Waals surface area (Å²) >= 11 is 3.34. The van der Waals surface area contributed by atoms with Crippen molar-refractivity contribution in [3.05, 3.63) is 62.1 Å². The Hall–Kier alpha value is -2.41. The number of carbonyl (C=O) groups excluding carboxylic acids is 1. The van der Waals surface area contributed by atoms with E-state index in [9.17, 15) is 20.0 Å². The molecule has 0 radical (unpaired) electrons. The Morgan fingerprint density at radius 2 is 2.00 bits per heavy atom. The number of hydrogen-bond acceptors (Lipinski definition) is 4. The summed E-state index contributed by atoms with van der Waals surface area (Å²) in [4.78, 5) is 22.0. The number of benzene rings is 2. The van der Waals surface area contributed by atoms with Gasteiger partial charge in [-0.3, -0.25) is 14.9 Å². The van der Waals surface area contributed by atoms with Crippen molar-refractivity contribution in [2.24, 2.45) is 0 Å². The fourth-order valence-corrected chi connectivity index (χ4v) is 1.97. The summed E-state index contributed by atoms with van der Waals surface area (Å²) < 4.78 is 0.886. The Kier molecular flexibility index (Phi) is 4.23. The number of non-ortho nitro benzene ring substituents is 1. The number of nitrogens with zero attached hydrogens (tertiary/aromatic N) is 1. The van der Waals surface area contributed by atoms with E-state index in [0.717, 1.165) is 16.1 Å². The molecule has 1 amide bonds. The van der Waals surface area contributed by atoms with Crippen LogP contribution < -0.4 is 5.32 Å². The average Bonchev–Trinajstić information content (AvgIpc) is 2.43. The summed E-state index contributed by atoms with van der Waals surface area (Å²) in [5.74, 6) is -0.763. The van der Waals surface area contributed by atoms with Gasteiger partial charge in [0, 0.05) is 16.1 Å². The molecule has 2 N–H and O–H groups in total. The molecule has 2 aromatic rings. The number of nitro benzene ring substituents is 1. The smallest absolute Gasteiger partial charge is 0.273 e. The first kappa shape index (κ1) is 15.0. The van der Waals surface area contributed by atoms with Gasteiger partial charge in [-0.25, -0.2) is 0 Å². The number of nitro groups is 1. The Bertz CT molecular complexity index is 731. The molecule has 2 aromatic carbocycles. The molecule has 0 aliphatic heterocycles. The fraction of sp³-hybridized carbons (Fsp3) is 0.0714. The van der Waals surface area contributed by atoms with E-state index in [0.29, 0.717) is 5.56 Å². The predicted octanol–water partition coefficient (Wildman–Crippen LogP) is 3.62. The number of rotatable bonds is 3. The van der Waals surface area contributed by atoms with Gasteiger partial charge in [0.05, 0.1) is 16.7 Å². The van der Waals surface area contributed by atoms with Crippen LogP contribution in [0.5, 0.6) is 5.75 Å². The molecule has 0 aliphatic rings. The van der Waals surface area contributed by atoms with E-state index in [1.165, 1.54) is 12.1 Å². The van der Waals surface area contributed by atoms with Gasteiger partial charge in [0.1, 0.15) is 5.75 Å². The number of phenols is 1. The van der Waals surface area contributed by atoms with Crippen molar-refractivity contribution >= 4 is 33.2 Å². The SMILES string of the molecule is Cc1cc(C(=O)Nc2ccc([N+](=O)[O-])cc2O)ccc1Br. The number of anilines is 1. The van der Waals surface area contributed by atoms with Crippen molar-refractivity contribution < 1.29 is 14.8 Å². The number of amides is 1. The molecule has 6 nitrogen and oxygen atoms in total. The maximum absolute atomic E-state index is 12.1. The second kappa shape index (κ2) is 5.92. The first-order chi connectivity index (χ1) is 9.88. The minimum Gasteiger partial charge on any atom is -0.506 e. The Morgan fingerprint density at radius 3 is 2.57 bits per heavy atom. The van der Waals surface area contributed by atoms with Crippen molar-refractivity contribution in [3.8, 4) is 5.75 Å². The number of hydrogen-bond donors (Lipinski definition) is 2. The summed E-state index contributed by atoms with van der Waals surface area (Å²) in [7, 11) is 0. The van der Waals surface area contributed by atoms with Crippen molar-refractivity contribution in [1.82, 2.24) is 0 Å². The lowest BCUT2D eigenvalue weighted by molar-refractivity contribution is -0.384. The molecule has 0 fully saturated rings. The molecule has 2 rings (SSSR count). The summed E-state index contributed by atoms with van der Waals surface area (Å²) in [5, 5.41) is 22.8. The first-order valence-electron chi connectivity index (χ1n) is 5.93. The average molecular weight is 351 g/mol. The number of phenolic OH excluding ortho intramolecular Hbond substituents is 1. The van der Waals surface area contributed by atoms with Crippen LogP contribution >= 0.6 is 15.9 Å². The standard InChI is InChI=1S/C14H11BrN2O4/c1-8-6-9(2-4-11(8)15)14(19)16-12-5-3-10(17(20)21)7-13(12)18/h2-7,18H,1H3,(H,16,19). The lowest BCUT2D eigenvalue weighted by Gasteiger charge is -2.08. The maximum atomic E-state index is 12.1. The quantitative estimate of drug-likeness (QED) is 0.502. The Labute approximate surface area is 128 Å². The summed E-state index contributed by atoms with van der Waals surface area (Å²) in [5.41, 5.74) is 1.19. The molecule has 21 heavy (non-hydrogen) atoms. The third kappa shape index (κ3) is 3.38. The van der Waals surface area contributed by atoms with E-state index in [-0.39, 0.29) is 17.1 Å². The van der Waals surface area contributed by atoms with Gasteiger partial charge in [-0.05, 0) is 36.8 Å². The van der Waals surface area contributed by atoms with E-state index < -0.39 is 10.8 Å². The van der Waals surface area contributed by atoms with Crippen molar-refractivity contribution in [2.75, 3.05) is 5.32 Å². The van der Waals surface area contributed by atoms with Gasteiger partial charge in [0.15, 0.2) is 0 Å². The zero-order valence-electron chi connectivity index (χ0n) is 11.0. The molecule has 108 valence electrons. The number of aryl methyl sites for hydroxylation is 1. The minimum atomic E-state index is -0.622. The molecule has 0 aliphatic carbocycles. The van der Waals surface area contributed by atoms with Crippen LogP contribution in [0.1, 0.15) is 15.9 Å². The molecule has 0 aromatic heterocycles. The van der Waals surface area contributed by atoms with Gasteiger partial charge in [0.25, 0.3) is 11.6 Å². The lowest BCUT2D eigenvalue weighted by Crippen LogP contribution is -2.12. The van der Waals surface area contributed by atoms with E-state index in [2.05, 4.69) is 21.2 Å². The van der Waals surface area contributed by atoms with E-state index in [4.69, 9.17) is 0 Å². The molecule has 0 saturated carbocycles. The van der Waals surface area contributed by atoms with Gasteiger partial charge in [-0.15, -0.1) is 0 Å². The van der Waals surface area contributed by atoms with Crippen LogP contribution in [0.3, 0.4) is 0 Å². The van der Waals surface area contributed by atoms with Crippen LogP contribution in [0.4, 0.5) is 11.4 Å². The highest BCUT2D eigenvalue weighted by Gasteiger charge is 2.13. The predicted molar refractivity (Wildman–Crippen MR) is 81.6 cm³/mol. The number of carbonyl (C=O) groups is 1. The summed E-state index contributed by atoms with van der Waals surface area (Å²) in [6.07, 6.45) is 0. The van der Waals surface area contributed by atoms with Crippen LogP contribution in [0.2, 0.25) is 0 Å². The molecule has 7 heteroatoms. The van der Waals surface area contributed by atoms with E-state index in [1.54, 1.807) is 18.2 Å². The summed E-state index contributed by atoms with van der Waals surface area (Å²) in [6, 6.07) is 8.57. The molecule has 0 spiro atoms. The van der Waals surface area contributed by atoms with Crippen LogP contribution in [0.25, 0.3) is 0 Å². The van der Waals surface area contributed by atoms with Crippen LogP contribution in [-0.2, 0) is 0 Å². The van der Waals surface area contributed by atoms with Crippen molar-refractivity contribution in [2.45, 2.75) is 6.92 Å². The largest absolute Gasteiger partial charge is 0.506 e. The Morgan fingerprint density at radius 1 is 1.29 bits per heavy atom. The van der Waals surface area contributed by atoms with Gasteiger partial charge >= 0.3 is 0 Å². The van der Waals surface area contributed by atoms with E-state index in [1.807, 2.05) is 6.92 Å². The molecule has 0 saturated heterocycles. The zero-order chi connectivity index (χ0) is 15.6. The number of nitrogens with one attached hydrogen (secondary N) is 1. The van der Waals surface area contributed by atoms with Gasteiger partial charge in [-0.2, -0.15) is 0 Å². The number of aromatic hydroxyl groups is 1. The molecule has 0 bridgehead atoms. The van der Waals surface area contributed by atoms with E-state index >= 15 is 0 Å². The monoisotopic (exact) mass is 350 g/mol. The molecular formula is C14H11BrN2O4. The maximum Gasteiger partial charge on any atom is 0.273 e. The second-order valence-corrected chi connectivity index (χ2v) is 5.23. The Balaban J connectivity index is 2.23.